The molecule has 0 saturated carbocycles. The van der Waals surface area contributed by atoms with E-state index in [1.807, 2.05) is 12.1 Å². The molecule has 0 aromatic carbocycles. The molecule has 0 bridgehead atoms. The number of rotatable bonds is 4. The van der Waals surface area contributed by atoms with Crippen LogP contribution in [-0.4, -0.2) is 28.8 Å². The first-order valence-electron chi connectivity index (χ1n) is 6.71. The zero-order valence-electron chi connectivity index (χ0n) is 11.0. The van der Waals surface area contributed by atoms with Gasteiger partial charge in [-0.2, -0.15) is 0 Å². The molecule has 1 atom stereocenters. The van der Waals surface area contributed by atoms with Crippen molar-refractivity contribution in [2.45, 2.75) is 32.7 Å². The van der Waals surface area contributed by atoms with Crippen molar-refractivity contribution in [1.82, 2.24) is 9.88 Å². The molecule has 2 heterocycles. The molecule has 0 amide bonds. The van der Waals surface area contributed by atoms with E-state index in [2.05, 4.69) is 16.8 Å². The third kappa shape index (κ3) is 3.07. The molecule has 1 fully saturated rings. The van der Waals surface area contributed by atoms with Crippen LogP contribution in [0.4, 0.5) is 0 Å². The van der Waals surface area contributed by atoms with Gasteiger partial charge in [-0.05, 0) is 36.9 Å². The van der Waals surface area contributed by atoms with Gasteiger partial charge in [0.15, 0.2) is 0 Å². The number of amidine groups is 1. The highest BCUT2D eigenvalue weighted by Crippen LogP contribution is 2.21. The quantitative estimate of drug-likeness (QED) is 0.630. The van der Waals surface area contributed by atoms with Crippen LogP contribution < -0.4 is 5.73 Å². The van der Waals surface area contributed by atoms with Gasteiger partial charge in [-0.25, -0.2) is 0 Å². The molecular weight excluding hydrogens is 224 g/mol. The predicted octanol–water partition coefficient (Wildman–Crippen LogP) is 1.99. The van der Waals surface area contributed by atoms with E-state index in [1.54, 1.807) is 6.20 Å². The summed E-state index contributed by atoms with van der Waals surface area (Å²) in [4.78, 5) is 6.67. The Morgan fingerprint density at radius 1 is 1.61 bits per heavy atom. The molecule has 1 aromatic heterocycles. The highest BCUT2D eigenvalue weighted by molar-refractivity contribution is 5.94. The van der Waals surface area contributed by atoms with Crippen LogP contribution in [0.25, 0.3) is 0 Å². The monoisotopic (exact) mass is 246 g/mol. The normalized spacial score (nSPS) is 20.8. The highest BCUT2D eigenvalue weighted by atomic mass is 15.1. The van der Waals surface area contributed by atoms with Crippen molar-refractivity contribution in [3.63, 3.8) is 0 Å². The molecule has 0 radical (unpaired) electrons. The molecule has 98 valence electrons. The van der Waals surface area contributed by atoms with Crippen LogP contribution in [-0.2, 0) is 6.54 Å². The number of nitrogens with zero attached hydrogens (tertiary/aromatic N) is 2. The molecule has 1 aliphatic heterocycles. The van der Waals surface area contributed by atoms with E-state index >= 15 is 0 Å². The molecule has 3 N–H and O–H groups in total. The topological polar surface area (TPSA) is 66.0 Å². The van der Waals surface area contributed by atoms with E-state index in [-0.39, 0.29) is 5.84 Å². The summed E-state index contributed by atoms with van der Waals surface area (Å²) in [7, 11) is 0. The van der Waals surface area contributed by atoms with Crippen LogP contribution in [0, 0.1) is 11.3 Å². The van der Waals surface area contributed by atoms with Crippen LogP contribution in [0.3, 0.4) is 0 Å². The SMILES string of the molecule is CCC1CCCN(Cc2cccnc2C(=N)N)C1. The van der Waals surface area contributed by atoms with E-state index in [4.69, 9.17) is 11.1 Å². The highest BCUT2D eigenvalue weighted by Gasteiger charge is 2.19. The number of hydrogen-bond acceptors (Lipinski definition) is 3. The zero-order chi connectivity index (χ0) is 13.0. The fraction of sp³-hybridized carbons (Fsp3) is 0.571. The Morgan fingerprint density at radius 3 is 3.17 bits per heavy atom. The first-order chi connectivity index (χ1) is 8.70. The molecule has 1 aromatic rings. The fourth-order valence-electron chi connectivity index (χ4n) is 2.68. The molecule has 1 unspecified atom stereocenters. The zero-order valence-corrected chi connectivity index (χ0v) is 11.0. The number of nitrogens with two attached hydrogens (primary N) is 1. The van der Waals surface area contributed by atoms with E-state index in [0.29, 0.717) is 5.69 Å². The lowest BCUT2D eigenvalue weighted by molar-refractivity contribution is 0.164. The minimum Gasteiger partial charge on any atom is -0.382 e. The van der Waals surface area contributed by atoms with Crippen LogP contribution in [0.5, 0.6) is 0 Å². The fourth-order valence-corrected chi connectivity index (χ4v) is 2.68. The Labute approximate surface area is 109 Å². The third-order valence-electron chi connectivity index (χ3n) is 3.72. The molecule has 4 nitrogen and oxygen atoms in total. The maximum Gasteiger partial charge on any atom is 0.142 e. The third-order valence-corrected chi connectivity index (χ3v) is 3.72. The second-order valence-corrected chi connectivity index (χ2v) is 5.08. The molecular formula is C14H22N4. The Kier molecular flexibility index (Phi) is 4.31. The number of nitrogens with one attached hydrogen (secondary N) is 1. The van der Waals surface area contributed by atoms with Crippen molar-refractivity contribution in [2.24, 2.45) is 11.7 Å². The Hall–Kier alpha value is -1.42. The minimum atomic E-state index is 0.0645. The lowest BCUT2D eigenvalue weighted by Crippen LogP contribution is -2.35. The number of piperidine rings is 1. The average molecular weight is 246 g/mol. The van der Waals surface area contributed by atoms with Crippen molar-refractivity contribution in [2.75, 3.05) is 13.1 Å². The molecule has 18 heavy (non-hydrogen) atoms. The number of likely N-dealkylation sites (tertiary alicyclic amines) is 1. The summed E-state index contributed by atoms with van der Waals surface area (Å²) in [6.07, 6.45) is 5.57. The summed E-state index contributed by atoms with van der Waals surface area (Å²) in [6, 6.07) is 3.95. The molecule has 1 aliphatic rings. The van der Waals surface area contributed by atoms with Gasteiger partial charge in [-0.1, -0.05) is 19.4 Å². The predicted molar refractivity (Wildman–Crippen MR) is 73.5 cm³/mol. The van der Waals surface area contributed by atoms with Gasteiger partial charge in [0.2, 0.25) is 0 Å². The summed E-state index contributed by atoms with van der Waals surface area (Å²) >= 11 is 0. The van der Waals surface area contributed by atoms with Gasteiger partial charge in [0.25, 0.3) is 0 Å². The summed E-state index contributed by atoms with van der Waals surface area (Å²) in [6.45, 7) is 5.42. The first-order valence-corrected chi connectivity index (χ1v) is 6.71. The minimum absolute atomic E-state index is 0.0645. The van der Waals surface area contributed by atoms with E-state index in [9.17, 15) is 0 Å². The summed E-state index contributed by atoms with van der Waals surface area (Å²) in [5.74, 6) is 0.880. The first kappa shape index (κ1) is 13.0. The van der Waals surface area contributed by atoms with Crippen molar-refractivity contribution >= 4 is 5.84 Å². The Bertz CT molecular complexity index is 416. The Balaban J connectivity index is 2.07. The molecule has 0 aliphatic carbocycles. The second-order valence-electron chi connectivity index (χ2n) is 5.08. The van der Waals surface area contributed by atoms with Gasteiger partial charge in [0, 0.05) is 19.3 Å². The summed E-state index contributed by atoms with van der Waals surface area (Å²) in [5.41, 5.74) is 7.28. The molecule has 1 saturated heterocycles. The van der Waals surface area contributed by atoms with Gasteiger partial charge in [-0.3, -0.25) is 15.3 Å². The van der Waals surface area contributed by atoms with Crippen LogP contribution in [0.1, 0.15) is 37.4 Å². The summed E-state index contributed by atoms with van der Waals surface area (Å²) in [5, 5.41) is 7.57. The average Bonchev–Trinajstić information content (AvgIpc) is 2.39. The van der Waals surface area contributed by atoms with Gasteiger partial charge in [0.05, 0.1) is 0 Å². The molecule has 2 rings (SSSR count). The van der Waals surface area contributed by atoms with E-state index in [1.165, 1.54) is 19.3 Å². The maximum absolute atomic E-state index is 7.57. The maximum atomic E-state index is 7.57. The van der Waals surface area contributed by atoms with Crippen molar-refractivity contribution in [1.29, 1.82) is 5.41 Å². The lowest BCUT2D eigenvalue weighted by Gasteiger charge is -2.32. The smallest absolute Gasteiger partial charge is 0.142 e. The van der Waals surface area contributed by atoms with Gasteiger partial charge < -0.3 is 5.73 Å². The number of nitrogen functional groups attached to an aromatic ring is 1. The Morgan fingerprint density at radius 2 is 2.44 bits per heavy atom. The summed E-state index contributed by atoms with van der Waals surface area (Å²) < 4.78 is 0. The number of pyridine rings is 1. The number of hydrogen-bond donors (Lipinski definition) is 2. The van der Waals surface area contributed by atoms with Gasteiger partial charge in [0.1, 0.15) is 11.5 Å². The standard InChI is InChI=1S/C14H22N4/c1-2-11-5-4-8-18(9-11)10-12-6-3-7-17-13(12)14(15)16/h3,6-7,11H,2,4-5,8-10H2,1H3,(H3,15,16). The van der Waals surface area contributed by atoms with Crippen LogP contribution in [0.15, 0.2) is 18.3 Å². The number of aromatic nitrogens is 1. The largest absolute Gasteiger partial charge is 0.382 e. The van der Waals surface area contributed by atoms with E-state index < -0.39 is 0 Å². The van der Waals surface area contributed by atoms with Gasteiger partial charge >= 0.3 is 0 Å². The lowest BCUT2D eigenvalue weighted by atomic mass is 9.95. The van der Waals surface area contributed by atoms with Crippen LogP contribution in [0.2, 0.25) is 0 Å². The van der Waals surface area contributed by atoms with Crippen molar-refractivity contribution in [3.05, 3.63) is 29.6 Å². The van der Waals surface area contributed by atoms with E-state index in [0.717, 1.165) is 31.1 Å². The molecule has 0 spiro atoms. The second kappa shape index (κ2) is 5.96. The molecule has 4 heteroatoms. The van der Waals surface area contributed by atoms with Crippen molar-refractivity contribution < 1.29 is 0 Å². The van der Waals surface area contributed by atoms with Crippen LogP contribution >= 0.6 is 0 Å². The van der Waals surface area contributed by atoms with Gasteiger partial charge in [-0.15, -0.1) is 0 Å². The van der Waals surface area contributed by atoms with Crippen molar-refractivity contribution in [3.8, 4) is 0 Å².